The lowest BCUT2D eigenvalue weighted by atomic mass is 10.3. The van der Waals surface area contributed by atoms with Gasteiger partial charge >= 0.3 is 0 Å². The monoisotopic (exact) mass is 155 g/mol. The average Bonchev–Trinajstić information content (AvgIpc) is 2.48. The van der Waals surface area contributed by atoms with E-state index in [9.17, 15) is 0 Å². The lowest BCUT2D eigenvalue weighted by Crippen LogP contribution is -1.97. The van der Waals surface area contributed by atoms with Crippen molar-refractivity contribution < 1.29 is 5.11 Å². The van der Waals surface area contributed by atoms with Crippen LogP contribution in [0.4, 0.5) is 0 Å². The zero-order chi connectivity index (χ0) is 8.10. The summed E-state index contributed by atoms with van der Waals surface area (Å²) in [5.74, 6) is 0. The summed E-state index contributed by atoms with van der Waals surface area (Å²) in [6, 6.07) is 0. The molecule has 0 radical (unpaired) electrons. The van der Waals surface area contributed by atoms with E-state index in [2.05, 4.69) is 17.2 Å². The molecule has 1 aromatic rings. The molecule has 1 heterocycles. The standard InChI is InChI=1S/C7H13N3O/c1-2-3-4-10-5-7(6-11)8-9-10/h5,11H,2-4,6H2,1H3. The van der Waals surface area contributed by atoms with Crippen molar-refractivity contribution in [3.8, 4) is 0 Å². The van der Waals surface area contributed by atoms with Gasteiger partial charge in [-0.25, -0.2) is 0 Å². The Hall–Kier alpha value is -0.900. The third kappa shape index (κ3) is 2.31. The van der Waals surface area contributed by atoms with Gasteiger partial charge in [-0.1, -0.05) is 18.6 Å². The Morgan fingerprint density at radius 3 is 3.00 bits per heavy atom. The first-order valence-corrected chi connectivity index (χ1v) is 3.86. The summed E-state index contributed by atoms with van der Waals surface area (Å²) in [6.45, 7) is 3.00. The number of aliphatic hydroxyl groups is 1. The highest BCUT2D eigenvalue weighted by atomic mass is 16.3. The van der Waals surface area contributed by atoms with Crippen molar-refractivity contribution in [2.75, 3.05) is 0 Å². The molecule has 0 fully saturated rings. The molecule has 11 heavy (non-hydrogen) atoms. The summed E-state index contributed by atoms with van der Waals surface area (Å²) in [5.41, 5.74) is 0.640. The molecule has 0 aliphatic heterocycles. The Labute approximate surface area is 65.8 Å². The van der Waals surface area contributed by atoms with E-state index >= 15 is 0 Å². The molecular formula is C7H13N3O. The smallest absolute Gasteiger partial charge is 0.108 e. The fourth-order valence-corrected chi connectivity index (χ4v) is 0.840. The van der Waals surface area contributed by atoms with E-state index in [0.717, 1.165) is 19.4 Å². The van der Waals surface area contributed by atoms with Crippen LogP contribution in [0.2, 0.25) is 0 Å². The predicted molar refractivity (Wildman–Crippen MR) is 40.9 cm³/mol. The van der Waals surface area contributed by atoms with Crippen LogP contribution in [0.3, 0.4) is 0 Å². The molecule has 0 saturated carbocycles. The second-order valence-corrected chi connectivity index (χ2v) is 2.48. The molecule has 0 aromatic carbocycles. The molecule has 4 heteroatoms. The molecule has 1 rings (SSSR count). The predicted octanol–water partition coefficient (Wildman–Crippen LogP) is 0.571. The van der Waals surface area contributed by atoms with Crippen LogP contribution in [-0.2, 0) is 13.2 Å². The van der Waals surface area contributed by atoms with Crippen molar-refractivity contribution in [3.05, 3.63) is 11.9 Å². The SMILES string of the molecule is CCCCn1cc(CO)nn1. The second-order valence-electron chi connectivity index (χ2n) is 2.48. The maximum atomic E-state index is 8.66. The number of nitrogens with zero attached hydrogens (tertiary/aromatic N) is 3. The molecule has 0 aliphatic carbocycles. The van der Waals surface area contributed by atoms with E-state index in [4.69, 9.17) is 5.11 Å². The first-order valence-electron chi connectivity index (χ1n) is 3.86. The fourth-order valence-electron chi connectivity index (χ4n) is 0.840. The summed E-state index contributed by atoms with van der Waals surface area (Å²) in [5, 5.41) is 16.2. The number of hydrogen-bond acceptors (Lipinski definition) is 3. The van der Waals surface area contributed by atoms with Crippen molar-refractivity contribution in [3.63, 3.8) is 0 Å². The van der Waals surface area contributed by atoms with Crippen LogP contribution in [0.15, 0.2) is 6.20 Å². The third-order valence-corrected chi connectivity index (χ3v) is 1.49. The summed E-state index contributed by atoms with van der Waals surface area (Å²) >= 11 is 0. The highest BCUT2D eigenvalue weighted by Crippen LogP contribution is 1.95. The molecule has 0 saturated heterocycles. The number of aryl methyl sites for hydroxylation is 1. The highest BCUT2D eigenvalue weighted by Gasteiger charge is 1.96. The van der Waals surface area contributed by atoms with E-state index in [-0.39, 0.29) is 6.61 Å². The van der Waals surface area contributed by atoms with E-state index < -0.39 is 0 Å². The first kappa shape index (κ1) is 8.20. The van der Waals surface area contributed by atoms with Gasteiger partial charge in [0.15, 0.2) is 0 Å². The lowest BCUT2D eigenvalue weighted by Gasteiger charge is -1.94. The molecule has 0 bridgehead atoms. The molecule has 0 amide bonds. The second kappa shape index (κ2) is 4.08. The van der Waals surface area contributed by atoms with E-state index in [1.54, 1.807) is 10.9 Å². The van der Waals surface area contributed by atoms with Gasteiger partial charge in [0.05, 0.1) is 12.8 Å². The lowest BCUT2D eigenvalue weighted by molar-refractivity contribution is 0.276. The summed E-state index contributed by atoms with van der Waals surface area (Å²) in [7, 11) is 0. The van der Waals surface area contributed by atoms with Crippen LogP contribution in [0.1, 0.15) is 25.5 Å². The maximum absolute atomic E-state index is 8.66. The largest absolute Gasteiger partial charge is 0.390 e. The molecule has 0 unspecified atom stereocenters. The topological polar surface area (TPSA) is 50.9 Å². The van der Waals surface area contributed by atoms with Crippen LogP contribution in [-0.4, -0.2) is 20.1 Å². The molecule has 1 aromatic heterocycles. The summed E-state index contributed by atoms with van der Waals surface area (Å²) in [4.78, 5) is 0. The van der Waals surface area contributed by atoms with Crippen LogP contribution in [0.25, 0.3) is 0 Å². The van der Waals surface area contributed by atoms with Crippen molar-refractivity contribution in [1.29, 1.82) is 0 Å². The van der Waals surface area contributed by atoms with Crippen LogP contribution in [0, 0.1) is 0 Å². The zero-order valence-corrected chi connectivity index (χ0v) is 6.69. The number of unbranched alkanes of at least 4 members (excludes halogenated alkanes) is 1. The van der Waals surface area contributed by atoms with Crippen molar-refractivity contribution in [2.45, 2.75) is 32.9 Å². The van der Waals surface area contributed by atoms with Crippen LogP contribution >= 0.6 is 0 Å². The zero-order valence-electron chi connectivity index (χ0n) is 6.69. The van der Waals surface area contributed by atoms with Gasteiger partial charge in [0, 0.05) is 6.54 Å². The molecule has 0 atom stereocenters. The van der Waals surface area contributed by atoms with Gasteiger partial charge in [0.1, 0.15) is 5.69 Å². The van der Waals surface area contributed by atoms with Gasteiger partial charge in [-0.3, -0.25) is 4.68 Å². The van der Waals surface area contributed by atoms with Gasteiger partial charge < -0.3 is 5.11 Å². The normalized spacial score (nSPS) is 10.4. The Kier molecular flexibility index (Phi) is 3.04. The summed E-state index contributed by atoms with van der Waals surface area (Å²) in [6.07, 6.45) is 4.03. The Morgan fingerprint density at radius 2 is 2.45 bits per heavy atom. The van der Waals surface area contributed by atoms with Gasteiger partial charge in [-0.05, 0) is 6.42 Å². The number of rotatable bonds is 4. The molecule has 0 aliphatic rings. The number of aliphatic hydroxyl groups excluding tert-OH is 1. The molecule has 62 valence electrons. The minimum Gasteiger partial charge on any atom is -0.390 e. The fraction of sp³-hybridized carbons (Fsp3) is 0.714. The number of aromatic nitrogens is 3. The van der Waals surface area contributed by atoms with Crippen LogP contribution < -0.4 is 0 Å². The van der Waals surface area contributed by atoms with Crippen molar-refractivity contribution in [2.24, 2.45) is 0 Å². The van der Waals surface area contributed by atoms with Crippen molar-refractivity contribution >= 4 is 0 Å². The van der Waals surface area contributed by atoms with Gasteiger partial charge in [0.2, 0.25) is 0 Å². The first-order chi connectivity index (χ1) is 5.36. The molecular weight excluding hydrogens is 142 g/mol. The van der Waals surface area contributed by atoms with Gasteiger partial charge in [0.25, 0.3) is 0 Å². The Morgan fingerprint density at radius 1 is 1.64 bits per heavy atom. The quantitative estimate of drug-likeness (QED) is 0.691. The average molecular weight is 155 g/mol. The molecule has 4 nitrogen and oxygen atoms in total. The van der Waals surface area contributed by atoms with Gasteiger partial charge in [-0.15, -0.1) is 5.10 Å². The highest BCUT2D eigenvalue weighted by molar-refractivity contribution is 4.88. The summed E-state index contributed by atoms with van der Waals surface area (Å²) < 4.78 is 1.76. The van der Waals surface area contributed by atoms with E-state index in [0.29, 0.717) is 5.69 Å². The van der Waals surface area contributed by atoms with Crippen LogP contribution in [0.5, 0.6) is 0 Å². The van der Waals surface area contributed by atoms with E-state index in [1.807, 2.05) is 0 Å². The van der Waals surface area contributed by atoms with Crippen molar-refractivity contribution in [1.82, 2.24) is 15.0 Å². The minimum absolute atomic E-state index is 0.0217. The Bertz CT molecular complexity index is 209. The van der Waals surface area contributed by atoms with E-state index in [1.165, 1.54) is 0 Å². The minimum atomic E-state index is -0.0217. The Balaban J connectivity index is 2.44. The maximum Gasteiger partial charge on any atom is 0.108 e. The van der Waals surface area contributed by atoms with Gasteiger partial charge in [-0.2, -0.15) is 0 Å². The third-order valence-electron chi connectivity index (χ3n) is 1.49. The molecule has 0 spiro atoms. The molecule has 1 N–H and O–H groups in total. The number of hydrogen-bond donors (Lipinski definition) is 1.